The molecule has 2 aliphatic heterocycles. The molecule has 0 bridgehead atoms. The molecule has 0 saturated carbocycles. The molecule has 2 fully saturated rings. The maximum Gasteiger partial charge on any atom is 0.293 e. The first-order valence-electron chi connectivity index (χ1n) is 10.3. The number of hydrogen-bond acceptors (Lipinski definition) is 7. The number of amides is 1. The summed E-state index contributed by atoms with van der Waals surface area (Å²) in [5.41, 5.74) is 0.662. The van der Waals surface area contributed by atoms with Crippen LogP contribution in [0.25, 0.3) is 0 Å². The maximum atomic E-state index is 12.6. The van der Waals surface area contributed by atoms with E-state index in [1.807, 2.05) is 4.90 Å². The monoisotopic (exact) mass is 464 g/mol. The highest BCUT2D eigenvalue weighted by atomic mass is 32.2. The summed E-state index contributed by atoms with van der Waals surface area (Å²) in [6.45, 7) is 2.78. The topological polar surface area (TPSA) is 113 Å². The van der Waals surface area contributed by atoms with Crippen molar-refractivity contribution in [1.29, 1.82) is 0 Å². The number of sulfonamides is 1. The normalized spacial score (nSPS) is 17.2. The molecule has 0 radical (unpaired) electrons. The first-order valence-corrected chi connectivity index (χ1v) is 12.5. The Hall–Kier alpha value is -2.50. The Labute approximate surface area is 184 Å². The van der Waals surface area contributed by atoms with Gasteiger partial charge in [-0.15, -0.1) is 11.3 Å². The number of carbonyl (C=O) groups excluding carboxylic acids is 1. The average molecular weight is 465 g/mol. The van der Waals surface area contributed by atoms with Crippen molar-refractivity contribution in [1.82, 2.24) is 9.62 Å². The van der Waals surface area contributed by atoms with Gasteiger partial charge in [0.25, 0.3) is 21.6 Å². The third-order valence-electron chi connectivity index (χ3n) is 5.60. The fraction of sp³-hybridized carbons (Fsp3) is 0.450. The highest BCUT2D eigenvalue weighted by Crippen LogP contribution is 2.32. The lowest BCUT2D eigenvalue weighted by molar-refractivity contribution is -0.384. The molecule has 3 heterocycles. The van der Waals surface area contributed by atoms with Crippen molar-refractivity contribution in [2.45, 2.75) is 36.4 Å². The molecule has 2 saturated heterocycles. The van der Waals surface area contributed by atoms with Crippen molar-refractivity contribution in [2.24, 2.45) is 0 Å². The van der Waals surface area contributed by atoms with Crippen molar-refractivity contribution < 1.29 is 18.1 Å². The number of nitrogens with zero attached hydrogens (tertiary/aromatic N) is 3. The van der Waals surface area contributed by atoms with E-state index in [1.54, 1.807) is 24.3 Å². The van der Waals surface area contributed by atoms with Gasteiger partial charge >= 0.3 is 0 Å². The first-order chi connectivity index (χ1) is 14.9. The Kier molecular flexibility index (Phi) is 6.26. The SMILES string of the molecule is O=C(NCc1ccc(S(=O)(=O)N2CCCC2)s1)c1ccc(N2CCCC2)c([N+](=O)[O-])c1. The van der Waals surface area contributed by atoms with E-state index in [1.165, 1.54) is 10.4 Å². The molecule has 1 N–H and O–H groups in total. The van der Waals surface area contributed by atoms with E-state index >= 15 is 0 Å². The standard InChI is InChI=1S/C20H24N4O5S2/c25-20(15-5-7-17(18(13-15)24(26)27)22-9-1-2-10-22)21-14-16-6-8-19(30-16)31(28,29)23-11-3-4-12-23/h5-8,13H,1-4,9-12,14H2,(H,21,25). The van der Waals surface area contributed by atoms with Crippen LogP contribution < -0.4 is 10.2 Å². The minimum absolute atomic E-state index is 0.0790. The zero-order chi connectivity index (χ0) is 22.0. The number of carbonyl (C=O) groups is 1. The molecule has 2 aromatic rings. The molecule has 11 heteroatoms. The summed E-state index contributed by atoms with van der Waals surface area (Å²) >= 11 is 1.13. The van der Waals surface area contributed by atoms with E-state index in [-0.39, 0.29) is 22.0 Å². The zero-order valence-corrected chi connectivity index (χ0v) is 18.6. The number of thiophene rings is 1. The van der Waals surface area contributed by atoms with Crippen molar-refractivity contribution >= 4 is 38.6 Å². The molecule has 4 rings (SSSR count). The molecule has 1 amide bonds. The molecular weight excluding hydrogens is 440 g/mol. The molecular formula is C20H24N4O5S2. The van der Waals surface area contributed by atoms with Crippen molar-refractivity contribution in [2.75, 3.05) is 31.1 Å². The molecule has 166 valence electrons. The molecule has 31 heavy (non-hydrogen) atoms. The summed E-state index contributed by atoms with van der Waals surface area (Å²) in [5, 5.41) is 14.3. The number of benzene rings is 1. The van der Waals surface area contributed by atoms with Gasteiger partial charge in [-0.3, -0.25) is 14.9 Å². The first kappa shape index (κ1) is 21.7. The number of nitro groups is 1. The van der Waals surface area contributed by atoms with Gasteiger partial charge in [0, 0.05) is 42.7 Å². The fourth-order valence-electron chi connectivity index (χ4n) is 3.95. The number of nitro benzene ring substituents is 1. The summed E-state index contributed by atoms with van der Waals surface area (Å²) in [6.07, 6.45) is 3.73. The lowest BCUT2D eigenvalue weighted by Gasteiger charge is -2.17. The molecule has 1 aromatic carbocycles. The van der Waals surface area contributed by atoms with Crippen LogP contribution in [0.5, 0.6) is 0 Å². The quantitative estimate of drug-likeness (QED) is 0.498. The van der Waals surface area contributed by atoms with Gasteiger partial charge in [0.2, 0.25) is 0 Å². The molecule has 0 aliphatic carbocycles. The van der Waals surface area contributed by atoms with Gasteiger partial charge in [0.05, 0.1) is 11.5 Å². The lowest BCUT2D eigenvalue weighted by atomic mass is 10.1. The van der Waals surface area contributed by atoms with E-state index in [4.69, 9.17) is 0 Å². The summed E-state index contributed by atoms with van der Waals surface area (Å²) in [4.78, 5) is 26.3. The molecule has 0 unspecified atom stereocenters. The smallest absolute Gasteiger partial charge is 0.293 e. The van der Waals surface area contributed by atoms with E-state index in [9.17, 15) is 23.3 Å². The van der Waals surface area contributed by atoms with Crippen molar-refractivity contribution in [3.05, 3.63) is 50.9 Å². The Balaban J connectivity index is 1.44. The third kappa shape index (κ3) is 4.58. The Morgan fingerprint density at radius 1 is 1.06 bits per heavy atom. The van der Waals surface area contributed by atoms with E-state index < -0.39 is 20.9 Å². The second-order valence-electron chi connectivity index (χ2n) is 7.67. The van der Waals surface area contributed by atoms with Gasteiger partial charge in [-0.1, -0.05) is 0 Å². The molecule has 1 aromatic heterocycles. The Morgan fingerprint density at radius 2 is 1.74 bits per heavy atom. The predicted octanol–water partition coefficient (Wildman–Crippen LogP) is 2.97. The van der Waals surface area contributed by atoms with Gasteiger partial charge in [-0.25, -0.2) is 8.42 Å². The zero-order valence-electron chi connectivity index (χ0n) is 17.0. The predicted molar refractivity (Wildman–Crippen MR) is 118 cm³/mol. The van der Waals surface area contributed by atoms with E-state index in [0.29, 0.717) is 23.7 Å². The molecule has 0 atom stereocenters. The third-order valence-corrected chi connectivity index (χ3v) is 9.05. The average Bonchev–Trinajstić information content (AvgIpc) is 3.53. The number of hydrogen-bond donors (Lipinski definition) is 1. The summed E-state index contributed by atoms with van der Waals surface area (Å²) in [7, 11) is -3.48. The van der Waals surface area contributed by atoms with Gasteiger partial charge in [-0.05, 0) is 49.9 Å². The van der Waals surface area contributed by atoms with Crippen LogP contribution in [0, 0.1) is 10.1 Å². The summed E-state index contributed by atoms with van der Waals surface area (Å²) in [5.74, 6) is -0.437. The van der Waals surface area contributed by atoms with Gasteiger partial charge < -0.3 is 10.2 Å². The van der Waals surface area contributed by atoms with Gasteiger partial charge in [0.15, 0.2) is 0 Å². The highest BCUT2D eigenvalue weighted by Gasteiger charge is 2.28. The van der Waals surface area contributed by atoms with Crippen molar-refractivity contribution in [3.8, 4) is 0 Å². The van der Waals surface area contributed by atoms with Crippen LogP contribution in [-0.2, 0) is 16.6 Å². The van der Waals surface area contributed by atoms with Crippen LogP contribution in [0.3, 0.4) is 0 Å². The maximum absolute atomic E-state index is 12.6. The molecule has 9 nitrogen and oxygen atoms in total. The van der Waals surface area contributed by atoms with Crippen LogP contribution >= 0.6 is 11.3 Å². The second kappa shape index (κ2) is 8.93. The Bertz CT molecular complexity index is 1090. The van der Waals surface area contributed by atoms with Crippen LogP contribution in [0.1, 0.15) is 40.9 Å². The van der Waals surface area contributed by atoms with Gasteiger partial charge in [0.1, 0.15) is 9.90 Å². The van der Waals surface area contributed by atoms with Crippen LogP contribution in [-0.4, -0.2) is 49.7 Å². The van der Waals surface area contributed by atoms with E-state index in [2.05, 4.69) is 5.32 Å². The molecule has 0 spiro atoms. The fourth-order valence-corrected chi connectivity index (χ4v) is 6.92. The van der Waals surface area contributed by atoms with Gasteiger partial charge in [-0.2, -0.15) is 4.31 Å². The van der Waals surface area contributed by atoms with Crippen LogP contribution in [0.2, 0.25) is 0 Å². The minimum Gasteiger partial charge on any atom is -0.366 e. The second-order valence-corrected chi connectivity index (χ2v) is 11.0. The number of nitrogens with one attached hydrogen (secondary N) is 1. The number of anilines is 1. The lowest BCUT2D eigenvalue weighted by Crippen LogP contribution is -2.27. The molecule has 2 aliphatic rings. The Morgan fingerprint density at radius 3 is 2.42 bits per heavy atom. The van der Waals surface area contributed by atoms with Crippen LogP contribution in [0.15, 0.2) is 34.5 Å². The van der Waals surface area contributed by atoms with Crippen molar-refractivity contribution in [3.63, 3.8) is 0 Å². The highest BCUT2D eigenvalue weighted by molar-refractivity contribution is 7.91. The van der Waals surface area contributed by atoms with E-state index in [0.717, 1.165) is 50.1 Å². The number of rotatable bonds is 7. The van der Waals surface area contributed by atoms with Crippen LogP contribution in [0.4, 0.5) is 11.4 Å². The summed E-state index contributed by atoms with van der Waals surface area (Å²) in [6, 6.07) is 7.78. The minimum atomic E-state index is -3.48. The summed E-state index contributed by atoms with van der Waals surface area (Å²) < 4.78 is 27.0. The largest absolute Gasteiger partial charge is 0.366 e.